The Morgan fingerprint density at radius 3 is 2.58 bits per heavy atom. The van der Waals surface area contributed by atoms with Crippen LogP contribution in [0, 0.1) is 6.92 Å². The lowest BCUT2D eigenvalue weighted by Gasteiger charge is -2.24. The zero-order chi connectivity index (χ0) is 17.7. The number of aromatic nitrogens is 1. The predicted octanol–water partition coefficient (Wildman–Crippen LogP) is 4.23. The molecule has 6 heteroatoms. The van der Waals surface area contributed by atoms with Crippen LogP contribution in [0.3, 0.4) is 0 Å². The van der Waals surface area contributed by atoms with Crippen molar-refractivity contribution < 1.29 is 4.79 Å². The van der Waals surface area contributed by atoms with Crippen molar-refractivity contribution in [3.8, 4) is 10.6 Å². The summed E-state index contributed by atoms with van der Waals surface area (Å²) in [6.07, 6.45) is 0. The first-order chi connectivity index (χ1) is 11.4. The van der Waals surface area contributed by atoms with Gasteiger partial charge in [-0.05, 0) is 39.4 Å². The highest BCUT2D eigenvalue weighted by atomic mass is 35.5. The van der Waals surface area contributed by atoms with Crippen molar-refractivity contribution in [2.75, 3.05) is 19.6 Å². The first-order valence-corrected chi connectivity index (χ1v) is 9.37. The largest absolute Gasteiger partial charge is 0.350 e. The molecule has 0 bridgehead atoms. The third-order valence-electron chi connectivity index (χ3n) is 3.92. The van der Waals surface area contributed by atoms with Crippen molar-refractivity contribution in [2.24, 2.45) is 0 Å². The fourth-order valence-corrected chi connectivity index (χ4v) is 3.61. The molecule has 2 aromatic rings. The van der Waals surface area contributed by atoms with Crippen LogP contribution < -0.4 is 5.32 Å². The monoisotopic (exact) mass is 365 g/mol. The summed E-state index contributed by atoms with van der Waals surface area (Å²) >= 11 is 7.34. The standard InChI is InChI=1S/C18H24ClN3OS/c1-5-22(12(2)3)11-10-20-17(23)16-13(4)21-18(24-16)14-6-8-15(19)9-7-14/h6-9,12H,5,10-11H2,1-4H3,(H,20,23). The normalized spacial score (nSPS) is 11.3. The summed E-state index contributed by atoms with van der Waals surface area (Å²) in [5.41, 5.74) is 1.74. The van der Waals surface area contributed by atoms with Crippen LogP contribution in [0.1, 0.15) is 36.1 Å². The van der Waals surface area contributed by atoms with E-state index < -0.39 is 0 Å². The molecule has 0 aliphatic heterocycles. The molecule has 0 atom stereocenters. The summed E-state index contributed by atoms with van der Waals surface area (Å²) in [5, 5.41) is 4.53. The van der Waals surface area contributed by atoms with Gasteiger partial charge >= 0.3 is 0 Å². The third kappa shape index (κ3) is 4.79. The van der Waals surface area contributed by atoms with E-state index in [1.165, 1.54) is 11.3 Å². The van der Waals surface area contributed by atoms with E-state index in [0.29, 0.717) is 22.5 Å². The second-order valence-electron chi connectivity index (χ2n) is 5.92. The van der Waals surface area contributed by atoms with Gasteiger partial charge in [0, 0.05) is 29.7 Å². The molecular weight excluding hydrogens is 342 g/mol. The molecule has 130 valence electrons. The number of nitrogens with one attached hydrogen (secondary N) is 1. The third-order valence-corrected chi connectivity index (χ3v) is 5.37. The average Bonchev–Trinajstić information content (AvgIpc) is 2.93. The molecule has 0 saturated heterocycles. The van der Waals surface area contributed by atoms with Gasteiger partial charge in [-0.2, -0.15) is 0 Å². The quantitative estimate of drug-likeness (QED) is 0.798. The molecule has 1 aromatic carbocycles. The van der Waals surface area contributed by atoms with Gasteiger partial charge in [0.25, 0.3) is 5.91 Å². The van der Waals surface area contributed by atoms with Crippen LogP contribution in [0.2, 0.25) is 5.02 Å². The van der Waals surface area contributed by atoms with E-state index in [1.54, 1.807) is 0 Å². The van der Waals surface area contributed by atoms with E-state index in [9.17, 15) is 4.79 Å². The first kappa shape index (κ1) is 18.9. The van der Waals surface area contributed by atoms with Crippen molar-refractivity contribution >= 4 is 28.8 Å². The number of carbonyl (C=O) groups is 1. The fourth-order valence-electron chi connectivity index (χ4n) is 2.50. The highest BCUT2D eigenvalue weighted by molar-refractivity contribution is 7.17. The Labute approximate surface area is 152 Å². The van der Waals surface area contributed by atoms with Crippen molar-refractivity contribution in [3.05, 3.63) is 39.9 Å². The summed E-state index contributed by atoms with van der Waals surface area (Å²) < 4.78 is 0. The molecule has 1 amide bonds. The van der Waals surface area contributed by atoms with Crippen molar-refractivity contribution in [1.29, 1.82) is 0 Å². The van der Waals surface area contributed by atoms with E-state index in [4.69, 9.17) is 11.6 Å². The van der Waals surface area contributed by atoms with Crippen molar-refractivity contribution in [3.63, 3.8) is 0 Å². The van der Waals surface area contributed by atoms with E-state index in [2.05, 4.69) is 36.0 Å². The van der Waals surface area contributed by atoms with Gasteiger partial charge in [0.05, 0.1) is 5.69 Å². The van der Waals surface area contributed by atoms with Crippen LogP contribution in [0.4, 0.5) is 0 Å². The van der Waals surface area contributed by atoms with Crippen LogP contribution in [0.15, 0.2) is 24.3 Å². The number of nitrogens with zero attached hydrogens (tertiary/aromatic N) is 2. The van der Waals surface area contributed by atoms with E-state index in [0.717, 1.165) is 29.4 Å². The smallest absolute Gasteiger partial charge is 0.263 e. The summed E-state index contributed by atoms with van der Waals surface area (Å²) in [7, 11) is 0. The molecule has 4 nitrogen and oxygen atoms in total. The number of benzene rings is 1. The number of rotatable bonds is 7. The van der Waals surface area contributed by atoms with Gasteiger partial charge in [-0.15, -0.1) is 11.3 Å². The number of likely N-dealkylation sites (N-methyl/N-ethyl adjacent to an activating group) is 1. The Hall–Kier alpha value is -1.43. The second kappa shape index (κ2) is 8.60. The number of halogens is 1. The van der Waals surface area contributed by atoms with Crippen LogP contribution in [0.5, 0.6) is 0 Å². The van der Waals surface area contributed by atoms with Gasteiger partial charge in [0.1, 0.15) is 9.88 Å². The van der Waals surface area contributed by atoms with Gasteiger partial charge in [-0.25, -0.2) is 4.98 Å². The highest BCUT2D eigenvalue weighted by Crippen LogP contribution is 2.28. The van der Waals surface area contributed by atoms with Gasteiger partial charge in [0.2, 0.25) is 0 Å². The molecular formula is C18H24ClN3OS. The minimum atomic E-state index is -0.0509. The molecule has 24 heavy (non-hydrogen) atoms. The van der Waals surface area contributed by atoms with E-state index >= 15 is 0 Å². The number of carbonyl (C=O) groups excluding carboxylic acids is 1. The molecule has 1 N–H and O–H groups in total. The summed E-state index contributed by atoms with van der Waals surface area (Å²) in [6.45, 7) is 10.8. The number of hydrogen-bond acceptors (Lipinski definition) is 4. The molecule has 0 saturated carbocycles. The van der Waals surface area contributed by atoms with E-state index in [-0.39, 0.29) is 5.91 Å². The number of amides is 1. The highest BCUT2D eigenvalue weighted by Gasteiger charge is 2.16. The van der Waals surface area contributed by atoms with Crippen molar-refractivity contribution in [1.82, 2.24) is 15.2 Å². The van der Waals surface area contributed by atoms with Crippen LogP contribution in [-0.4, -0.2) is 41.5 Å². The van der Waals surface area contributed by atoms with Crippen LogP contribution >= 0.6 is 22.9 Å². The Morgan fingerprint density at radius 2 is 2.00 bits per heavy atom. The lowest BCUT2D eigenvalue weighted by molar-refractivity contribution is 0.0949. The van der Waals surface area contributed by atoms with Gasteiger partial charge in [-0.3, -0.25) is 9.69 Å². The maximum Gasteiger partial charge on any atom is 0.263 e. The molecule has 1 heterocycles. The maximum absolute atomic E-state index is 12.4. The lowest BCUT2D eigenvalue weighted by Crippen LogP contribution is -2.38. The summed E-state index contributed by atoms with van der Waals surface area (Å²) in [6, 6.07) is 7.99. The summed E-state index contributed by atoms with van der Waals surface area (Å²) in [4.78, 5) is 19.9. The zero-order valence-corrected chi connectivity index (χ0v) is 16.2. The molecule has 0 spiro atoms. The number of thiazole rings is 1. The Bertz CT molecular complexity index is 682. The number of aryl methyl sites for hydroxylation is 1. The van der Waals surface area contributed by atoms with Crippen LogP contribution in [0.25, 0.3) is 10.6 Å². The van der Waals surface area contributed by atoms with Gasteiger partial charge in [0.15, 0.2) is 0 Å². The Balaban J connectivity index is 2.01. The summed E-state index contributed by atoms with van der Waals surface area (Å²) in [5.74, 6) is -0.0509. The molecule has 0 radical (unpaired) electrons. The number of hydrogen-bond donors (Lipinski definition) is 1. The molecule has 0 fully saturated rings. The first-order valence-electron chi connectivity index (χ1n) is 8.18. The lowest BCUT2D eigenvalue weighted by atomic mass is 10.2. The predicted molar refractivity (Wildman–Crippen MR) is 102 cm³/mol. The minimum absolute atomic E-state index is 0.0509. The SMILES string of the molecule is CCN(CCNC(=O)c1sc(-c2ccc(Cl)cc2)nc1C)C(C)C. The topological polar surface area (TPSA) is 45.2 Å². The Morgan fingerprint density at radius 1 is 1.33 bits per heavy atom. The van der Waals surface area contributed by atoms with Gasteiger partial charge < -0.3 is 5.32 Å². The van der Waals surface area contributed by atoms with Crippen molar-refractivity contribution in [2.45, 2.75) is 33.7 Å². The average molecular weight is 366 g/mol. The molecule has 0 aliphatic rings. The molecule has 0 unspecified atom stereocenters. The zero-order valence-electron chi connectivity index (χ0n) is 14.6. The van der Waals surface area contributed by atoms with E-state index in [1.807, 2.05) is 31.2 Å². The van der Waals surface area contributed by atoms with Gasteiger partial charge in [-0.1, -0.05) is 30.7 Å². The second-order valence-corrected chi connectivity index (χ2v) is 7.35. The molecule has 0 aliphatic carbocycles. The Kier molecular flexibility index (Phi) is 6.78. The maximum atomic E-state index is 12.4. The molecule has 2 rings (SSSR count). The van der Waals surface area contributed by atoms with Crippen LogP contribution in [-0.2, 0) is 0 Å². The fraction of sp³-hybridized carbons (Fsp3) is 0.444. The minimum Gasteiger partial charge on any atom is -0.350 e. The molecule has 1 aromatic heterocycles.